The fourth-order valence-corrected chi connectivity index (χ4v) is 6.29. The maximum Gasteiger partial charge on any atom is 0.323 e. The summed E-state index contributed by atoms with van der Waals surface area (Å²) in [5.41, 5.74) is -2.85. The number of hydrogen-bond donors (Lipinski definition) is 0. The van der Waals surface area contributed by atoms with E-state index in [2.05, 4.69) is 0 Å². The number of carbonyl (C=O) groups is 5. The van der Waals surface area contributed by atoms with Gasteiger partial charge in [0.15, 0.2) is 16.9 Å². The van der Waals surface area contributed by atoms with E-state index in [-0.39, 0.29) is 38.8 Å². The van der Waals surface area contributed by atoms with E-state index < -0.39 is 46.8 Å². The van der Waals surface area contributed by atoms with E-state index in [1.807, 2.05) is 0 Å². The van der Waals surface area contributed by atoms with Gasteiger partial charge in [0.25, 0.3) is 0 Å². The van der Waals surface area contributed by atoms with Gasteiger partial charge in [-0.25, -0.2) is 0 Å². The zero-order valence-electron chi connectivity index (χ0n) is 22.9. The first-order valence-electron chi connectivity index (χ1n) is 14.8. The van der Waals surface area contributed by atoms with Gasteiger partial charge < -0.3 is 23.7 Å². The summed E-state index contributed by atoms with van der Waals surface area (Å²) in [5, 5.41) is 0. The van der Waals surface area contributed by atoms with Crippen LogP contribution in [0.3, 0.4) is 0 Å². The molecule has 0 bridgehead atoms. The Kier molecular flexibility index (Phi) is 10.2. The Balaban J connectivity index is 1.54. The van der Waals surface area contributed by atoms with E-state index >= 15 is 0 Å². The second-order valence-corrected chi connectivity index (χ2v) is 11.5. The van der Waals surface area contributed by atoms with Crippen LogP contribution in [0.4, 0.5) is 0 Å². The minimum absolute atomic E-state index is 0.0276. The molecule has 10 nitrogen and oxygen atoms in total. The van der Waals surface area contributed by atoms with Gasteiger partial charge in [-0.05, 0) is 38.5 Å². The molecule has 0 unspecified atom stereocenters. The van der Waals surface area contributed by atoms with E-state index in [1.165, 1.54) is 0 Å². The molecule has 1 heterocycles. The van der Waals surface area contributed by atoms with Crippen LogP contribution in [-0.2, 0) is 47.7 Å². The van der Waals surface area contributed by atoms with E-state index in [1.54, 1.807) is 0 Å². The molecular formula is C29H42O10. The first kappa shape index (κ1) is 29.3. The highest BCUT2D eigenvalue weighted by molar-refractivity contribution is 6.01. The van der Waals surface area contributed by atoms with E-state index in [4.69, 9.17) is 23.7 Å². The smallest absolute Gasteiger partial charge is 0.323 e. The normalized spacial score (nSPS) is 26.3. The van der Waals surface area contributed by atoms with Gasteiger partial charge in [0.1, 0.15) is 13.2 Å². The summed E-state index contributed by atoms with van der Waals surface area (Å²) in [4.78, 5) is 65.9. The quantitative estimate of drug-likeness (QED) is 0.283. The number of carbonyl (C=O) groups excluding carboxylic acids is 5. The Hall–Kier alpha value is -2.65. The van der Waals surface area contributed by atoms with Gasteiger partial charge in [-0.1, -0.05) is 57.8 Å². The maximum atomic E-state index is 13.3. The molecule has 0 N–H and O–H groups in total. The highest BCUT2D eigenvalue weighted by atomic mass is 16.6. The lowest BCUT2D eigenvalue weighted by atomic mass is 9.74. The van der Waals surface area contributed by atoms with Crippen LogP contribution in [0.15, 0.2) is 0 Å². The third kappa shape index (κ3) is 6.92. The zero-order chi connectivity index (χ0) is 27.7. The lowest BCUT2D eigenvalue weighted by molar-refractivity contribution is -0.186. The number of rotatable bonds is 2. The van der Waals surface area contributed by atoms with Gasteiger partial charge in [0, 0.05) is 6.42 Å². The predicted molar refractivity (Wildman–Crippen MR) is 136 cm³/mol. The Morgan fingerprint density at radius 3 is 1.44 bits per heavy atom. The van der Waals surface area contributed by atoms with Crippen molar-refractivity contribution < 1.29 is 47.7 Å². The summed E-state index contributed by atoms with van der Waals surface area (Å²) in [6.45, 7) is -0.783. The fourth-order valence-electron chi connectivity index (χ4n) is 6.29. The maximum absolute atomic E-state index is 13.3. The van der Waals surface area contributed by atoms with Gasteiger partial charge in [-0.15, -0.1) is 0 Å². The molecule has 3 aliphatic carbocycles. The molecule has 0 aromatic rings. The Labute approximate surface area is 229 Å². The van der Waals surface area contributed by atoms with Crippen LogP contribution < -0.4 is 0 Å². The minimum Gasteiger partial charge on any atom is -0.465 e. The second kappa shape index (κ2) is 13.6. The molecule has 4 rings (SSSR count). The lowest BCUT2D eigenvalue weighted by Crippen LogP contribution is -2.46. The molecule has 4 aliphatic rings. The van der Waals surface area contributed by atoms with E-state index in [9.17, 15) is 24.0 Å². The van der Waals surface area contributed by atoms with Crippen LogP contribution in [0.1, 0.15) is 103 Å². The number of cyclic esters (lactones) is 4. The highest BCUT2D eigenvalue weighted by Gasteiger charge is 2.51. The average Bonchev–Trinajstić information content (AvgIpc) is 2.98. The van der Waals surface area contributed by atoms with E-state index in [0.717, 1.165) is 44.9 Å². The van der Waals surface area contributed by atoms with Crippen molar-refractivity contribution in [3.63, 3.8) is 0 Å². The van der Waals surface area contributed by atoms with Crippen molar-refractivity contribution in [2.24, 2.45) is 16.7 Å². The predicted octanol–water partition coefficient (Wildman–Crippen LogP) is 3.96. The third-order valence-corrected chi connectivity index (χ3v) is 8.75. The Morgan fingerprint density at radius 1 is 0.564 bits per heavy atom. The van der Waals surface area contributed by atoms with Crippen molar-refractivity contribution in [3.8, 4) is 0 Å². The van der Waals surface area contributed by atoms with Crippen molar-refractivity contribution in [3.05, 3.63) is 0 Å². The first-order valence-corrected chi connectivity index (χ1v) is 14.8. The van der Waals surface area contributed by atoms with Crippen LogP contribution in [0, 0.1) is 16.7 Å². The Bertz CT molecular complexity index is 838. The third-order valence-electron chi connectivity index (χ3n) is 8.75. The van der Waals surface area contributed by atoms with Crippen LogP contribution in [-0.4, -0.2) is 62.4 Å². The van der Waals surface area contributed by atoms with Crippen LogP contribution in [0.25, 0.3) is 0 Å². The standard InChI is InChI=1S/C29H42O10/c30-23(21-11-4-1-5-12-21)39-22-19-37-26(33)28(13-6-2-7-14-28)24(31)35-17-10-18-36-25(32)29(27(34)38-20-22)15-8-3-9-16-29/h21-22H,1-20H2. The first-order chi connectivity index (χ1) is 18.9. The van der Waals surface area contributed by atoms with Gasteiger partial charge in [0.05, 0.1) is 19.1 Å². The molecule has 1 saturated heterocycles. The van der Waals surface area contributed by atoms with Crippen molar-refractivity contribution in [1.82, 2.24) is 0 Å². The molecular weight excluding hydrogens is 508 g/mol. The molecule has 0 amide bonds. The van der Waals surface area contributed by atoms with Crippen LogP contribution in [0.2, 0.25) is 0 Å². The van der Waals surface area contributed by atoms with Gasteiger partial charge >= 0.3 is 29.8 Å². The summed E-state index contributed by atoms with van der Waals surface area (Å²) in [6, 6.07) is 0. The number of hydrogen-bond acceptors (Lipinski definition) is 10. The second-order valence-electron chi connectivity index (χ2n) is 11.5. The SMILES string of the molecule is O=C(OC1COC(=O)C2(CCCCC2)C(=O)OCCCOC(=O)C2(CCCCC2)C(=O)OC1)C1CCCCC1. The topological polar surface area (TPSA) is 132 Å². The summed E-state index contributed by atoms with van der Waals surface area (Å²) in [6.07, 6.45) is 9.32. The van der Waals surface area contributed by atoms with E-state index in [0.29, 0.717) is 51.4 Å². The molecule has 0 radical (unpaired) electrons. The largest absolute Gasteiger partial charge is 0.465 e. The summed E-state index contributed by atoms with van der Waals surface area (Å²) < 4.78 is 27.8. The Morgan fingerprint density at radius 2 is 0.974 bits per heavy atom. The summed E-state index contributed by atoms with van der Waals surface area (Å²) in [5.74, 6) is -3.38. The zero-order valence-corrected chi connectivity index (χ0v) is 22.9. The van der Waals surface area contributed by atoms with Gasteiger partial charge in [-0.2, -0.15) is 0 Å². The van der Waals surface area contributed by atoms with Crippen LogP contribution >= 0.6 is 0 Å². The van der Waals surface area contributed by atoms with Crippen LogP contribution in [0.5, 0.6) is 0 Å². The highest BCUT2D eigenvalue weighted by Crippen LogP contribution is 2.40. The van der Waals surface area contributed by atoms with Crippen molar-refractivity contribution >= 4 is 29.8 Å². The number of ether oxygens (including phenoxy) is 5. The molecule has 3 saturated carbocycles. The number of esters is 5. The molecule has 0 aromatic carbocycles. The van der Waals surface area contributed by atoms with Crippen molar-refractivity contribution in [1.29, 1.82) is 0 Å². The van der Waals surface area contributed by atoms with Crippen molar-refractivity contribution in [2.75, 3.05) is 26.4 Å². The van der Waals surface area contributed by atoms with Gasteiger partial charge in [-0.3, -0.25) is 24.0 Å². The molecule has 1 aliphatic heterocycles. The lowest BCUT2D eigenvalue weighted by Gasteiger charge is -2.34. The molecule has 10 heteroatoms. The monoisotopic (exact) mass is 550 g/mol. The molecule has 39 heavy (non-hydrogen) atoms. The van der Waals surface area contributed by atoms with Gasteiger partial charge in [0.2, 0.25) is 0 Å². The molecule has 218 valence electrons. The molecule has 4 fully saturated rings. The fraction of sp³-hybridized carbons (Fsp3) is 0.828. The summed E-state index contributed by atoms with van der Waals surface area (Å²) in [7, 11) is 0. The average molecular weight is 551 g/mol. The molecule has 0 aromatic heterocycles. The molecule has 0 atom stereocenters. The minimum atomic E-state index is -1.42. The van der Waals surface area contributed by atoms with Crippen molar-refractivity contribution in [2.45, 2.75) is 109 Å². The summed E-state index contributed by atoms with van der Waals surface area (Å²) >= 11 is 0. The molecule has 2 spiro atoms.